The van der Waals surface area contributed by atoms with Crippen LogP contribution in [0, 0.1) is 11.8 Å². The Morgan fingerprint density at radius 1 is 1.38 bits per heavy atom. The summed E-state index contributed by atoms with van der Waals surface area (Å²) in [5.74, 6) is 1.000. The van der Waals surface area contributed by atoms with Crippen molar-refractivity contribution in [3.8, 4) is 0 Å². The van der Waals surface area contributed by atoms with Gasteiger partial charge in [-0.3, -0.25) is 4.79 Å². The number of hydrogen-bond acceptors (Lipinski definition) is 3. The highest BCUT2D eigenvalue weighted by Crippen LogP contribution is 2.30. The summed E-state index contributed by atoms with van der Waals surface area (Å²) < 4.78 is 4.82. The molecule has 0 saturated heterocycles. The van der Waals surface area contributed by atoms with Gasteiger partial charge in [-0.2, -0.15) is 0 Å². The van der Waals surface area contributed by atoms with Crippen molar-refractivity contribution in [3.05, 3.63) is 0 Å². The van der Waals surface area contributed by atoms with E-state index in [1.165, 1.54) is 32.8 Å². The number of rotatable bonds is 6. The fourth-order valence-electron chi connectivity index (χ4n) is 2.26. The van der Waals surface area contributed by atoms with Crippen LogP contribution in [0.25, 0.3) is 0 Å². The molecular formula is C13H25NO2. The molecule has 0 aliphatic heterocycles. The summed E-state index contributed by atoms with van der Waals surface area (Å²) in [6.45, 7) is 6.26. The van der Waals surface area contributed by atoms with Crippen LogP contribution in [0.3, 0.4) is 0 Å². The van der Waals surface area contributed by atoms with Crippen LogP contribution in [-0.4, -0.2) is 25.2 Å². The third kappa shape index (κ3) is 3.78. The highest BCUT2D eigenvalue weighted by molar-refractivity contribution is 5.75. The molecule has 1 fully saturated rings. The Kier molecular flexibility index (Phi) is 5.26. The average molecular weight is 227 g/mol. The number of hydrogen-bond donors (Lipinski definition) is 1. The van der Waals surface area contributed by atoms with E-state index >= 15 is 0 Å². The van der Waals surface area contributed by atoms with Crippen molar-refractivity contribution in [3.63, 3.8) is 0 Å². The maximum Gasteiger partial charge on any atom is 0.323 e. The Morgan fingerprint density at radius 3 is 2.38 bits per heavy atom. The van der Waals surface area contributed by atoms with Gasteiger partial charge in [0.2, 0.25) is 0 Å². The second-order valence-corrected chi connectivity index (χ2v) is 5.35. The predicted molar refractivity (Wildman–Crippen MR) is 65.2 cm³/mol. The van der Waals surface area contributed by atoms with Gasteiger partial charge >= 0.3 is 5.97 Å². The van der Waals surface area contributed by atoms with Crippen molar-refractivity contribution < 1.29 is 9.53 Å². The summed E-state index contributed by atoms with van der Waals surface area (Å²) >= 11 is 0. The number of carbonyl (C=O) groups excluding carboxylic acids is 1. The van der Waals surface area contributed by atoms with Crippen molar-refractivity contribution in [2.45, 2.75) is 58.5 Å². The second kappa shape index (κ2) is 6.24. The van der Waals surface area contributed by atoms with Gasteiger partial charge in [-0.1, -0.05) is 33.1 Å². The number of carbonyl (C=O) groups is 1. The minimum absolute atomic E-state index is 0.143. The van der Waals surface area contributed by atoms with Crippen LogP contribution in [0.15, 0.2) is 0 Å². The number of methoxy groups -OCH3 is 1. The molecule has 0 aromatic rings. The fraction of sp³-hybridized carbons (Fsp3) is 0.923. The van der Waals surface area contributed by atoms with Gasteiger partial charge in [-0.05, 0) is 25.2 Å². The second-order valence-electron chi connectivity index (χ2n) is 5.35. The van der Waals surface area contributed by atoms with Crippen molar-refractivity contribution in [2.75, 3.05) is 7.11 Å². The maximum absolute atomic E-state index is 11.6. The van der Waals surface area contributed by atoms with E-state index in [1.807, 2.05) is 13.8 Å². The zero-order valence-electron chi connectivity index (χ0n) is 11.0. The van der Waals surface area contributed by atoms with Crippen molar-refractivity contribution in [1.29, 1.82) is 0 Å². The Labute approximate surface area is 98.9 Å². The SMILES string of the molecule is COC(=O)C(NC(C)CC1CCC1)C(C)C. The van der Waals surface area contributed by atoms with Crippen LogP contribution in [-0.2, 0) is 9.53 Å². The Morgan fingerprint density at radius 2 is 2.00 bits per heavy atom. The first-order chi connectivity index (χ1) is 7.54. The van der Waals surface area contributed by atoms with E-state index in [0.717, 1.165) is 5.92 Å². The highest BCUT2D eigenvalue weighted by Gasteiger charge is 2.26. The average Bonchev–Trinajstić information content (AvgIpc) is 2.18. The summed E-state index contributed by atoms with van der Waals surface area (Å²) in [6, 6.07) is 0.233. The molecule has 1 saturated carbocycles. The smallest absolute Gasteiger partial charge is 0.323 e. The van der Waals surface area contributed by atoms with Crippen LogP contribution >= 0.6 is 0 Å². The summed E-state index contributed by atoms with van der Waals surface area (Å²) in [4.78, 5) is 11.6. The summed E-state index contributed by atoms with van der Waals surface area (Å²) in [6.07, 6.45) is 5.27. The molecule has 1 aliphatic carbocycles. The van der Waals surface area contributed by atoms with Gasteiger partial charge in [-0.25, -0.2) is 0 Å². The topological polar surface area (TPSA) is 38.3 Å². The molecule has 94 valence electrons. The quantitative estimate of drug-likeness (QED) is 0.708. The molecule has 2 unspecified atom stereocenters. The molecule has 0 radical (unpaired) electrons. The zero-order chi connectivity index (χ0) is 12.1. The standard InChI is InChI=1S/C13H25NO2/c1-9(2)12(13(15)16-4)14-10(3)8-11-6-5-7-11/h9-12,14H,5-8H2,1-4H3. The van der Waals surface area contributed by atoms with Crippen molar-refractivity contribution in [1.82, 2.24) is 5.32 Å². The van der Waals surface area contributed by atoms with E-state index in [-0.39, 0.29) is 17.9 Å². The van der Waals surface area contributed by atoms with Gasteiger partial charge in [0.05, 0.1) is 7.11 Å². The molecule has 1 aliphatic rings. The minimum Gasteiger partial charge on any atom is -0.468 e. The molecule has 2 atom stereocenters. The summed E-state index contributed by atoms with van der Waals surface area (Å²) in [5, 5.41) is 3.39. The van der Waals surface area contributed by atoms with E-state index in [1.54, 1.807) is 0 Å². The molecule has 0 aromatic carbocycles. The lowest BCUT2D eigenvalue weighted by atomic mass is 9.81. The van der Waals surface area contributed by atoms with E-state index in [2.05, 4.69) is 12.2 Å². The molecule has 16 heavy (non-hydrogen) atoms. The number of nitrogens with one attached hydrogen (secondary N) is 1. The van der Waals surface area contributed by atoms with E-state index < -0.39 is 0 Å². The molecule has 3 nitrogen and oxygen atoms in total. The molecule has 1 rings (SSSR count). The number of esters is 1. The minimum atomic E-state index is -0.167. The monoisotopic (exact) mass is 227 g/mol. The number of ether oxygens (including phenoxy) is 1. The molecule has 0 bridgehead atoms. The first-order valence-corrected chi connectivity index (χ1v) is 6.38. The van der Waals surface area contributed by atoms with Gasteiger partial charge in [0, 0.05) is 6.04 Å². The van der Waals surface area contributed by atoms with Crippen LogP contribution in [0.1, 0.15) is 46.5 Å². The normalized spacial score (nSPS) is 20.3. The van der Waals surface area contributed by atoms with Crippen molar-refractivity contribution >= 4 is 5.97 Å². The third-order valence-electron chi connectivity index (χ3n) is 3.50. The lowest BCUT2D eigenvalue weighted by Gasteiger charge is -2.31. The van der Waals surface area contributed by atoms with Gasteiger partial charge in [0.15, 0.2) is 0 Å². The zero-order valence-corrected chi connectivity index (χ0v) is 11.0. The Hall–Kier alpha value is -0.570. The lowest BCUT2D eigenvalue weighted by Crippen LogP contribution is -2.46. The fourth-order valence-corrected chi connectivity index (χ4v) is 2.26. The van der Waals surface area contributed by atoms with Crippen LogP contribution in [0.5, 0.6) is 0 Å². The first kappa shape index (κ1) is 13.5. The maximum atomic E-state index is 11.6. The van der Waals surface area contributed by atoms with Crippen LogP contribution in [0.2, 0.25) is 0 Å². The molecule has 3 heteroatoms. The van der Waals surface area contributed by atoms with Gasteiger partial charge in [-0.15, -0.1) is 0 Å². The van der Waals surface area contributed by atoms with Crippen LogP contribution in [0.4, 0.5) is 0 Å². The summed E-state index contributed by atoms with van der Waals surface area (Å²) in [7, 11) is 1.45. The Bertz CT molecular complexity index is 224. The largest absolute Gasteiger partial charge is 0.468 e. The van der Waals surface area contributed by atoms with E-state index in [0.29, 0.717) is 6.04 Å². The molecule has 0 amide bonds. The molecule has 1 N–H and O–H groups in total. The van der Waals surface area contributed by atoms with Gasteiger partial charge < -0.3 is 10.1 Å². The Balaban J connectivity index is 2.37. The van der Waals surface area contributed by atoms with Gasteiger partial charge in [0.1, 0.15) is 6.04 Å². The van der Waals surface area contributed by atoms with Gasteiger partial charge in [0.25, 0.3) is 0 Å². The lowest BCUT2D eigenvalue weighted by molar-refractivity contribution is -0.144. The predicted octanol–water partition coefficient (Wildman–Crippen LogP) is 2.35. The highest BCUT2D eigenvalue weighted by atomic mass is 16.5. The summed E-state index contributed by atoms with van der Waals surface area (Å²) in [5.41, 5.74) is 0. The molecule has 0 aromatic heterocycles. The van der Waals surface area contributed by atoms with E-state index in [4.69, 9.17) is 4.74 Å². The first-order valence-electron chi connectivity index (χ1n) is 6.38. The molecular weight excluding hydrogens is 202 g/mol. The third-order valence-corrected chi connectivity index (χ3v) is 3.50. The molecule has 0 spiro atoms. The van der Waals surface area contributed by atoms with Crippen LogP contribution < -0.4 is 5.32 Å². The van der Waals surface area contributed by atoms with Crippen molar-refractivity contribution in [2.24, 2.45) is 11.8 Å². The van der Waals surface area contributed by atoms with E-state index in [9.17, 15) is 4.79 Å². The molecule has 0 heterocycles.